The summed E-state index contributed by atoms with van der Waals surface area (Å²) in [5.74, 6) is 1.46. The summed E-state index contributed by atoms with van der Waals surface area (Å²) in [5.41, 5.74) is 1.48. The van der Waals surface area contributed by atoms with Crippen LogP contribution in [0.25, 0.3) is 0 Å². The van der Waals surface area contributed by atoms with Gasteiger partial charge in [0.05, 0.1) is 6.10 Å². The average molecular weight is 168 g/mol. The number of hydrogen-bond acceptors (Lipinski definition) is 1. The van der Waals surface area contributed by atoms with E-state index in [0.717, 1.165) is 11.8 Å². The molecular weight excluding hydrogens is 148 g/mol. The largest absolute Gasteiger partial charge is 0.377 e. The van der Waals surface area contributed by atoms with Gasteiger partial charge in [0.2, 0.25) is 0 Å². The van der Waals surface area contributed by atoms with E-state index >= 15 is 0 Å². The van der Waals surface area contributed by atoms with E-state index in [2.05, 4.69) is 26.8 Å². The zero-order valence-electron chi connectivity index (χ0n) is 8.63. The highest BCUT2D eigenvalue weighted by Crippen LogP contribution is 2.30. The third-order valence-corrected chi connectivity index (χ3v) is 2.87. The van der Waals surface area contributed by atoms with E-state index in [9.17, 15) is 0 Å². The second-order valence-electron chi connectivity index (χ2n) is 4.16. The third-order valence-electron chi connectivity index (χ3n) is 2.87. The minimum atomic E-state index is 0.360. The molecule has 0 fully saturated rings. The van der Waals surface area contributed by atoms with E-state index < -0.39 is 0 Å². The minimum absolute atomic E-state index is 0.360. The summed E-state index contributed by atoms with van der Waals surface area (Å²) in [6, 6.07) is 0. The highest BCUT2D eigenvalue weighted by Gasteiger charge is 2.25. The van der Waals surface area contributed by atoms with E-state index in [0.29, 0.717) is 6.10 Å². The smallest absolute Gasteiger partial charge is 0.0785 e. The summed E-state index contributed by atoms with van der Waals surface area (Å²) < 4.78 is 5.46. The van der Waals surface area contributed by atoms with Crippen molar-refractivity contribution < 1.29 is 4.74 Å². The first-order valence-corrected chi connectivity index (χ1v) is 4.85. The maximum absolute atomic E-state index is 5.46. The van der Waals surface area contributed by atoms with Crippen molar-refractivity contribution in [3.63, 3.8) is 0 Å². The average Bonchev–Trinajstić information content (AvgIpc) is 2.03. The molecule has 0 N–H and O–H groups in total. The molecule has 0 aromatic rings. The maximum Gasteiger partial charge on any atom is 0.0785 e. The summed E-state index contributed by atoms with van der Waals surface area (Å²) in [6.07, 6.45) is 5.19. The Balaban J connectivity index is 2.66. The fourth-order valence-electron chi connectivity index (χ4n) is 2.00. The molecule has 0 bridgehead atoms. The van der Waals surface area contributed by atoms with Gasteiger partial charge < -0.3 is 4.74 Å². The Morgan fingerprint density at radius 2 is 2.17 bits per heavy atom. The molecule has 1 heteroatoms. The fraction of sp³-hybridized carbons (Fsp3) is 0.818. The molecule has 0 aliphatic heterocycles. The van der Waals surface area contributed by atoms with Gasteiger partial charge in [0.15, 0.2) is 0 Å². The third kappa shape index (κ3) is 2.10. The van der Waals surface area contributed by atoms with Gasteiger partial charge in [0, 0.05) is 7.11 Å². The van der Waals surface area contributed by atoms with Crippen molar-refractivity contribution >= 4 is 0 Å². The lowest BCUT2D eigenvalue weighted by molar-refractivity contribution is 0.0584. The van der Waals surface area contributed by atoms with Gasteiger partial charge in [0.1, 0.15) is 0 Å². The van der Waals surface area contributed by atoms with E-state index in [1.165, 1.54) is 18.4 Å². The molecule has 1 aliphatic carbocycles. The molecule has 0 saturated carbocycles. The quantitative estimate of drug-likeness (QED) is 0.576. The van der Waals surface area contributed by atoms with Crippen molar-refractivity contribution in [1.82, 2.24) is 0 Å². The molecule has 0 spiro atoms. The lowest BCUT2D eigenvalue weighted by Crippen LogP contribution is -2.28. The molecule has 12 heavy (non-hydrogen) atoms. The van der Waals surface area contributed by atoms with Crippen LogP contribution in [0.3, 0.4) is 0 Å². The lowest BCUT2D eigenvalue weighted by atomic mass is 9.80. The number of rotatable bonds is 2. The van der Waals surface area contributed by atoms with Crippen LogP contribution in [0.1, 0.15) is 33.6 Å². The molecule has 1 nitrogen and oxygen atoms in total. The lowest BCUT2D eigenvalue weighted by Gasteiger charge is -2.31. The second-order valence-corrected chi connectivity index (χ2v) is 4.16. The topological polar surface area (TPSA) is 9.23 Å². The molecule has 0 unspecified atom stereocenters. The molecule has 0 aromatic carbocycles. The normalized spacial score (nSPS) is 30.6. The highest BCUT2D eigenvalue weighted by molar-refractivity contribution is 5.08. The zero-order chi connectivity index (χ0) is 9.14. The van der Waals surface area contributed by atoms with Gasteiger partial charge in [-0.2, -0.15) is 0 Å². The molecule has 2 atom stereocenters. The van der Waals surface area contributed by atoms with Gasteiger partial charge in [-0.1, -0.05) is 25.5 Å². The Morgan fingerprint density at radius 1 is 1.50 bits per heavy atom. The van der Waals surface area contributed by atoms with Crippen LogP contribution in [-0.2, 0) is 4.74 Å². The van der Waals surface area contributed by atoms with E-state index in [4.69, 9.17) is 4.74 Å². The molecule has 1 aliphatic rings. The van der Waals surface area contributed by atoms with Gasteiger partial charge in [-0.25, -0.2) is 0 Å². The Kier molecular flexibility index (Phi) is 3.33. The van der Waals surface area contributed by atoms with Gasteiger partial charge in [-0.15, -0.1) is 0 Å². The molecular formula is C11H20O. The number of hydrogen-bond donors (Lipinski definition) is 0. The van der Waals surface area contributed by atoms with Gasteiger partial charge >= 0.3 is 0 Å². The maximum atomic E-state index is 5.46. The Hall–Kier alpha value is -0.300. The Labute approximate surface area is 75.8 Å². The van der Waals surface area contributed by atoms with Gasteiger partial charge in [0.25, 0.3) is 0 Å². The Morgan fingerprint density at radius 3 is 2.67 bits per heavy atom. The van der Waals surface area contributed by atoms with Crippen molar-refractivity contribution in [2.75, 3.05) is 7.11 Å². The van der Waals surface area contributed by atoms with Crippen LogP contribution in [-0.4, -0.2) is 13.2 Å². The molecule has 1 rings (SSSR count). The van der Waals surface area contributed by atoms with Crippen molar-refractivity contribution in [3.05, 3.63) is 11.6 Å². The number of allylic oxidation sites excluding steroid dienone is 1. The Bertz CT molecular complexity index is 170. The van der Waals surface area contributed by atoms with Crippen LogP contribution in [0.4, 0.5) is 0 Å². The fourth-order valence-corrected chi connectivity index (χ4v) is 2.00. The van der Waals surface area contributed by atoms with Crippen LogP contribution in [0.2, 0.25) is 0 Å². The molecule has 0 radical (unpaired) electrons. The van der Waals surface area contributed by atoms with E-state index in [-0.39, 0.29) is 0 Å². The molecule has 0 saturated heterocycles. The first-order valence-electron chi connectivity index (χ1n) is 4.85. The standard InChI is InChI=1S/C11H20O/c1-8(2)10-6-5-9(3)7-11(10)12-4/h7-8,10-11H,5-6H2,1-4H3/t10-,11-/m1/s1. The van der Waals surface area contributed by atoms with Crippen LogP contribution >= 0.6 is 0 Å². The molecule has 0 aromatic heterocycles. The van der Waals surface area contributed by atoms with Crippen LogP contribution in [0.5, 0.6) is 0 Å². The van der Waals surface area contributed by atoms with E-state index in [1.807, 2.05) is 7.11 Å². The molecule has 0 heterocycles. The predicted octanol–water partition coefficient (Wildman–Crippen LogP) is 3.01. The monoisotopic (exact) mass is 168 g/mol. The SMILES string of the molecule is CO[C@@H]1C=C(C)CC[C@@H]1C(C)C. The highest BCUT2D eigenvalue weighted by atomic mass is 16.5. The zero-order valence-corrected chi connectivity index (χ0v) is 8.63. The van der Waals surface area contributed by atoms with Crippen molar-refractivity contribution in [3.8, 4) is 0 Å². The van der Waals surface area contributed by atoms with Gasteiger partial charge in [-0.3, -0.25) is 0 Å². The van der Waals surface area contributed by atoms with Crippen LogP contribution < -0.4 is 0 Å². The summed E-state index contributed by atoms with van der Waals surface area (Å²) in [6.45, 7) is 6.76. The number of methoxy groups -OCH3 is 1. The molecule has 0 amide bonds. The summed E-state index contributed by atoms with van der Waals surface area (Å²) >= 11 is 0. The van der Waals surface area contributed by atoms with E-state index in [1.54, 1.807) is 0 Å². The minimum Gasteiger partial charge on any atom is -0.377 e. The molecule has 70 valence electrons. The van der Waals surface area contributed by atoms with Crippen LogP contribution in [0, 0.1) is 11.8 Å². The summed E-state index contributed by atoms with van der Waals surface area (Å²) in [5, 5.41) is 0. The second kappa shape index (κ2) is 4.08. The first-order chi connectivity index (χ1) is 5.65. The van der Waals surface area contributed by atoms with Crippen molar-refractivity contribution in [2.45, 2.75) is 39.7 Å². The first kappa shape index (κ1) is 9.79. The van der Waals surface area contributed by atoms with Crippen LogP contribution in [0.15, 0.2) is 11.6 Å². The predicted molar refractivity (Wildman–Crippen MR) is 52.1 cm³/mol. The number of ether oxygens (including phenoxy) is 1. The van der Waals surface area contributed by atoms with Crippen molar-refractivity contribution in [1.29, 1.82) is 0 Å². The summed E-state index contributed by atoms with van der Waals surface area (Å²) in [7, 11) is 1.81. The van der Waals surface area contributed by atoms with Crippen molar-refractivity contribution in [2.24, 2.45) is 11.8 Å². The van der Waals surface area contributed by atoms with Gasteiger partial charge in [-0.05, 0) is 31.6 Å². The summed E-state index contributed by atoms with van der Waals surface area (Å²) in [4.78, 5) is 0.